The van der Waals surface area contributed by atoms with Crippen LogP contribution in [0, 0.1) is 11.3 Å². The van der Waals surface area contributed by atoms with Crippen LogP contribution >= 0.6 is 0 Å². The van der Waals surface area contributed by atoms with E-state index >= 15 is 0 Å². The summed E-state index contributed by atoms with van der Waals surface area (Å²) in [5.74, 6) is -0.621. The van der Waals surface area contributed by atoms with Crippen LogP contribution in [-0.4, -0.2) is 25.5 Å². The molecular formula is C18H17N3O3. The molecule has 0 saturated carbocycles. The molecule has 0 aliphatic rings. The van der Waals surface area contributed by atoms with Gasteiger partial charge < -0.3 is 15.4 Å². The number of para-hydroxylation sites is 1. The van der Waals surface area contributed by atoms with Crippen molar-refractivity contribution in [1.82, 2.24) is 0 Å². The predicted octanol–water partition coefficient (Wildman–Crippen LogP) is 2.79. The topological polar surface area (TPSA) is 91.2 Å². The molecular weight excluding hydrogens is 306 g/mol. The Hall–Kier alpha value is -3.33. The smallest absolute Gasteiger partial charge is 0.339 e. The highest BCUT2D eigenvalue weighted by atomic mass is 16.5. The number of hydrogen-bond donors (Lipinski definition) is 2. The number of carbonyl (C=O) groups is 2. The van der Waals surface area contributed by atoms with Crippen molar-refractivity contribution in [2.45, 2.75) is 6.42 Å². The van der Waals surface area contributed by atoms with E-state index in [9.17, 15) is 9.59 Å². The third-order valence-electron chi connectivity index (χ3n) is 3.28. The fourth-order valence-corrected chi connectivity index (χ4v) is 2.13. The Balaban J connectivity index is 1.89. The van der Waals surface area contributed by atoms with Gasteiger partial charge in [-0.05, 0) is 30.3 Å². The molecule has 24 heavy (non-hydrogen) atoms. The van der Waals surface area contributed by atoms with Gasteiger partial charge in [-0.15, -0.1) is 0 Å². The summed E-state index contributed by atoms with van der Waals surface area (Å²) in [4.78, 5) is 23.6. The first-order valence-electron chi connectivity index (χ1n) is 7.35. The number of anilines is 2. The van der Waals surface area contributed by atoms with Gasteiger partial charge in [0.15, 0.2) is 0 Å². The summed E-state index contributed by atoms with van der Waals surface area (Å²) in [6.07, 6.45) is 0.215. The molecule has 0 fully saturated rings. The number of carbonyl (C=O) groups excluding carboxylic acids is 2. The molecule has 0 aliphatic carbocycles. The van der Waals surface area contributed by atoms with Crippen LogP contribution in [0.2, 0.25) is 0 Å². The predicted molar refractivity (Wildman–Crippen MR) is 90.7 cm³/mol. The number of nitrogens with zero attached hydrogens (tertiary/aromatic N) is 1. The van der Waals surface area contributed by atoms with Crippen LogP contribution in [0.4, 0.5) is 11.4 Å². The van der Waals surface area contributed by atoms with Crippen molar-refractivity contribution in [2.75, 3.05) is 24.3 Å². The molecule has 0 aromatic heterocycles. The van der Waals surface area contributed by atoms with Crippen molar-refractivity contribution >= 4 is 23.3 Å². The van der Waals surface area contributed by atoms with Gasteiger partial charge in [-0.2, -0.15) is 5.26 Å². The minimum atomic E-state index is -0.434. The lowest BCUT2D eigenvalue weighted by Crippen LogP contribution is -2.17. The summed E-state index contributed by atoms with van der Waals surface area (Å²) in [6, 6.07) is 15.7. The highest BCUT2D eigenvalue weighted by Crippen LogP contribution is 2.16. The van der Waals surface area contributed by atoms with E-state index in [1.165, 1.54) is 7.11 Å². The maximum absolute atomic E-state index is 12.0. The normalized spacial score (nSPS) is 9.67. The standard InChI is InChI=1S/C18H17N3O3/c1-24-18(23)15-7-2-3-8-16(15)20-10-9-17(22)21-14-6-4-5-13(11-14)12-19/h2-8,11,20H,9-10H2,1H3,(H,21,22). The lowest BCUT2D eigenvalue weighted by atomic mass is 10.1. The summed E-state index contributed by atoms with van der Waals surface area (Å²) in [5.41, 5.74) is 2.10. The monoisotopic (exact) mass is 323 g/mol. The fourth-order valence-electron chi connectivity index (χ4n) is 2.13. The fraction of sp³-hybridized carbons (Fsp3) is 0.167. The number of hydrogen-bond acceptors (Lipinski definition) is 5. The maximum atomic E-state index is 12.0. The molecule has 0 heterocycles. The summed E-state index contributed by atoms with van der Waals surface area (Å²) in [5, 5.41) is 14.6. The molecule has 6 nitrogen and oxygen atoms in total. The molecule has 0 atom stereocenters. The quantitative estimate of drug-likeness (QED) is 0.798. The second kappa shape index (κ2) is 8.34. The Morgan fingerprint density at radius 1 is 1.17 bits per heavy atom. The van der Waals surface area contributed by atoms with Crippen molar-refractivity contribution in [2.24, 2.45) is 0 Å². The van der Waals surface area contributed by atoms with Crippen LogP contribution < -0.4 is 10.6 Å². The van der Waals surface area contributed by atoms with Crippen molar-refractivity contribution in [1.29, 1.82) is 5.26 Å². The molecule has 0 saturated heterocycles. The zero-order chi connectivity index (χ0) is 17.4. The Kier molecular flexibility index (Phi) is 5.92. The van der Waals surface area contributed by atoms with E-state index in [-0.39, 0.29) is 12.3 Å². The second-order valence-corrected chi connectivity index (χ2v) is 4.95. The first-order chi connectivity index (χ1) is 11.6. The Morgan fingerprint density at radius 2 is 1.96 bits per heavy atom. The second-order valence-electron chi connectivity index (χ2n) is 4.95. The van der Waals surface area contributed by atoms with Crippen LogP contribution in [0.1, 0.15) is 22.3 Å². The summed E-state index contributed by atoms with van der Waals surface area (Å²) < 4.78 is 4.72. The van der Waals surface area contributed by atoms with Crippen molar-refractivity contribution in [3.63, 3.8) is 0 Å². The molecule has 122 valence electrons. The number of rotatable bonds is 6. The van der Waals surface area contributed by atoms with E-state index < -0.39 is 5.97 Å². The van der Waals surface area contributed by atoms with Crippen LogP contribution in [0.15, 0.2) is 48.5 Å². The average Bonchev–Trinajstić information content (AvgIpc) is 2.61. The Bertz CT molecular complexity index is 781. The van der Waals surface area contributed by atoms with Crippen LogP contribution in [0.5, 0.6) is 0 Å². The van der Waals surface area contributed by atoms with Crippen LogP contribution in [0.25, 0.3) is 0 Å². The summed E-state index contributed by atoms with van der Waals surface area (Å²) >= 11 is 0. The number of amides is 1. The van der Waals surface area contributed by atoms with Crippen LogP contribution in [0.3, 0.4) is 0 Å². The van der Waals surface area contributed by atoms with E-state index in [1.807, 2.05) is 6.07 Å². The molecule has 0 bridgehead atoms. The number of methoxy groups -OCH3 is 1. The Morgan fingerprint density at radius 3 is 2.71 bits per heavy atom. The van der Waals surface area contributed by atoms with Gasteiger partial charge in [-0.1, -0.05) is 18.2 Å². The average molecular weight is 323 g/mol. The lowest BCUT2D eigenvalue weighted by Gasteiger charge is -2.10. The van der Waals surface area contributed by atoms with E-state index in [2.05, 4.69) is 10.6 Å². The SMILES string of the molecule is COC(=O)c1ccccc1NCCC(=O)Nc1cccc(C#N)c1. The van der Waals surface area contributed by atoms with Gasteiger partial charge >= 0.3 is 5.97 Å². The molecule has 6 heteroatoms. The molecule has 0 spiro atoms. The molecule has 2 rings (SSSR count). The van der Waals surface area contributed by atoms with Gasteiger partial charge in [0.1, 0.15) is 0 Å². The van der Waals surface area contributed by atoms with E-state index in [4.69, 9.17) is 10.00 Å². The zero-order valence-electron chi connectivity index (χ0n) is 13.2. The number of ether oxygens (including phenoxy) is 1. The van der Waals surface area contributed by atoms with Gasteiger partial charge in [0, 0.05) is 24.3 Å². The van der Waals surface area contributed by atoms with Crippen LogP contribution in [-0.2, 0) is 9.53 Å². The highest BCUT2D eigenvalue weighted by Gasteiger charge is 2.11. The maximum Gasteiger partial charge on any atom is 0.339 e. The molecule has 0 aliphatic heterocycles. The number of benzene rings is 2. The molecule has 2 aromatic rings. The number of nitriles is 1. The third-order valence-corrected chi connectivity index (χ3v) is 3.28. The summed E-state index contributed by atoms with van der Waals surface area (Å²) in [7, 11) is 1.32. The number of esters is 1. The molecule has 2 aromatic carbocycles. The van der Waals surface area contributed by atoms with Gasteiger partial charge in [-0.3, -0.25) is 4.79 Å². The molecule has 0 unspecified atom stereocenters. The largest absolute Gasteiger partial charge is 0.465 e. The van der Waals surface area contributed by atoms with E-state index in [1.54, 1.807) is 48.5 Å². The molecule has 0 radical (unpaired) electrons. The van der Waals surface area contributed by atoms with Gasteiger partial charge in [0.05, 0.1) is 24.3 Å². The summed E-state index contributed by atoms with van der Waals surface area (Å²) in [6.45, 7) is 0.359. The van der Waals surface area contributed by atoms with Crippen molar-refractivity contribution in [3.8, 4) is 6.07 Å². The highest BCUT2D eigenvalue weighted by molar-refractivity contribution is 5.96. The first kappa shape index (κ1) is 17.0. The minimum absolute atomic E-state index is 0.187. The third kappa shape index (κ3) is 4.58. The van der Waals surface area contributed by atoms with Gasteiger partial charge in [0.25, 0.3) is 0 Å². The van der Waals surface area contributed by atoms with E-state index in [0.717, 1.165) is 0 Å². The number of nitrogens with one attached hydrogen (secondary N) is 2. The molecule has 1 amide bonds. The van der Waals surface area contributed by atoms with Gasteiger partial charge in [0.2, 0.25) is 5.91 Å². The lowest BCUT2D eigenvalue weighted by molar-refractivity contribution is -0.115. The van der Waals surface area contributed by atoms with Crippen molar-refractivity contribution < 1.29 is 14.3 Å². The minimum Gasteiger partial charge on any atom is -0.465 e. The van der Waals surface area contributed by atoms with Crippen molar-refractivity contribution in [3.05, 3.63) is 59.7 Å². The Labute approximate surface area is 140 Å². The first-order valence-corrected chi connectivity index (χ1v) is 7.35. The zero-order valence-corrected chi connectivity index (χ0v) is 13.2. The van der Waals surface area contributed by atoms with Gasteiger partial charge in [-0.25, -0.2) is 4.79 Å². The molecule has 2 N–H and O–H groups in total. The van der Waals surface area contributed by atoms with E-state index in [0.29, 0.717) is 29.0 Å².